The maximum atomic E-state index is 13.5. The van der Waals surface area contributed by atoms with Crippen molar-refractivity contribution in [3.8, 4) is 17.0 Å². The molecule has 2 unspecified atom stereocenters. The quantitative estimate of drug-likeness (QED) is 0.603. The summed E-state index contributed by atoms with van der Waals surface area (Å²) in [5.74, 6) is -0.278. The summed E-state index contributed by atoms with van der Waals surface area (Å²) >= 11 is 6.17. The first-order valence-corrected chi connectivity index (χ1v) is 12.7. The molecule has 0 saturated carbocycles. The zero-order valence-corrected chi connectivity index (χ0v) is 18.9. The predicted octanol–water partition coefficient (Wildman–Crippen LogP) is 3.73. The average Bonchev–Trinajstić information content (AvgIpc) is 3.43. The van der Waals surface area contributed by atoms with Gasteiger partial charge in [0.1, 0.15) is 17.1 Å². The second kappa shape index (κ2) is 7.64. The summed E-state index contributed by atoms with van der Waals surface area (Å²) in [7, 11) is -3.19. The van der Waals surface area contributed by atoms with Crippen LogP contribution in [-0.2, 0) is 16.3 Å². The van der Waals surface area contributed by atoms with Crippen LogP contribution in [0.2, 0.25) is 5.02 Å². The summed E-state index contributed by atoms with van der Waals surface area (Å²) in [6.07, 6.45) is 1.28. The van der Waals surface area contributed by atoms with Crippen LogP contribution >= 0.6 is 11.6 Å². The number of fused-ring (bicyclic) bond motifs is 1. The van der Waals surface area contributed by atoms with Gasteiger partial charge in [0.15, 0.2) is 9.84 Å². The number of phenolic OH excluding ortho intramolecular Hbond substituents is 1. The Morgan fingerprint density at radius 1 is 1.22 bits per heavy atom. The van der Waals surface area contributed by atoms with Crippen molar-refractivity contribution < 1.29 is 18.3 Å². The molecule has 0 radical (unpaired) electrons. The Bertz CT molecular complexity index is 1320. The zero-order chi connectivity index (χ0) is 22.6. The third-order valence-electron chi connectivity index (χ3n) is 6.32. The Hall–Kier alpha value is -2.84. The van der Waals surface area contributed by atoms with Crippen LogP contribution in [0.5, 0.6) is 5.75 Å². The standard InChI is InChI=1S/C23H22ClN3O4S/c1-2-13-3-5-14(6-4-13)22-19-20(17-11-15(24)7-8-18(17)28)25-26-21(19)23(29)27(22)16-9-10-32(30,31)12-16/h3-8,11,16,22,28H,2,9-10,12H2,1H3,(H,25,26). The van der Waals surface area contributed by atoms with Crippen molar-refractivity contribution in [1.29, 1.82) is 0 Å². The van der Waals surface area contributed by atoms with E-state index in [-0.39, 0.29) is 23.2 Å². The van der Waals surface area contributed by atoms with E-state index in [1.54, 1.807) is 17.0 Å². The highest BCUT2D eigenvalue weighted by Gasteiger charge is 2.48. The number of carbonyl (C=O) groups excluding carboxylic acids is 1. The van der Waals surface area contributed by atoms with Crippen molar-refractivity contribution in [3.05, 3.63) is 69.9 Å². The topological polar surface area (TPSA) is 103 Å². The highest BCUT2D eigenvalue weighted by molar-refractivity contribution is 7.91. The molecule has 3 heterocycles. The average molecular weight is 472 g/mol. The van der Waals surface area contributed by atoms with E-state index < -0.39 is 21.9 Å². The first-order chi connectivity index (χ1) is 15.3. The van der Waals surface area contributed by atoms with E-state index in [0.29, 0.717) is 34.0 Å². The number of aromatic amines is 1. The van der Waals surface area contributed by atoms with E-state index in [1.165, 1.54) is 6.07 Å². The fraction of sp³-hybridized carbons (Fsp3) is 0.304. The third-order valence-corrected chi connectivity index (χ3v) is 8.31. The Balaban J connectivity index is 1.69. The van der Waals surface area contributed by atoms with Crippen molar-refractivity contribution in [2.24, 2.45) is 0 Å². The smallest absolute Gasteiger partial charge is 0.273 e. The van der Waals surface area contributed by atoms with E-state index in [9.17, 15) is 18.3 Å². The summed E-state index contributed by atoms with van der Waals surface area (Å²) in [4.78, 5) is 15.1. The van der Waals surface area contributed by atoms with Gasteiger partial charge in [0.05, 0.1) is 17.5 Å². The first-order valence-electron chi connectivity index (χ1n) is 10.5. The number of H-pyrrole nitrogens is 1. The van der Waals surface area contributed by atoms with Crippen LogP contribution in [0.1, 0.15) is 46.6 Å². The molecule has 2 aliphatic heterocycles. The number of sulfone groups is 1. The fourth-order valence-electron chi connectivity index (χ4n) is 4.70. The number of hydrogen-bond donors (Lipinski definition) is 2. The molecule has 7 nitrogen and oxygen atoms in total. The van der Waals surface area contributed by atoms with Crippen LogP contribution in [0.3, 0.4) is 0 Å². The van der Waals surface area contributed by atoms with Crippen molar-refractivity contribution in [2.45, 2.75) is 31.8 Å². The Morgan fingerprint density at radius 3 is 2.62 bits per heavy atom. The van der Waals surface area contributed by atoms with Gasteiger partial charge in [0, 0.05) is 22.2 Å². The number of nitrogens with zero attached hydrogens (tertiary/aromatic N) is 2. The Kier molecular flexibility index (Phi) is 5.02. The maximum absolute atomic E-state index is 13.5. The molecule has 166 valence electrons. The minimum absolute atomic E-state index is 0.00174. The van der Waals surface area contributed by atoms with Gasteiger partial charge in [-0.3, -0.25) is 9.89 Å². The molecule has 2 aromatic carbocycles. The summed E-state index contributed by atoms with van der Waals surface area (Å²) in [5.41, 5.74) is 3.81. The van der Waals surface area contributed by atoms with E-state index in [2.05, 4.69) is 17.1 Å². The lowest BCUT2D eigenvalue weighted by Crippen LogP contribution is -2.40. The van der Waals surface area contributed by atoms with Gasteiger partial charge in [0.2, 0.25) is 0 Å². The van der Waals surface area contributed by atoms with Crippen molar-refractivity contribution >= 4 is 27.3 Å². The highest BCUT2D eigenvalue weighted by Crippen LogP contribution is 2.46. The number of aromatic nitrogens is 2. The lowest BCUT2D eigenvalue weighted by molar-refractivity contribution is 0.0677. The number of hydrogen-bond acceptors (Lipinski definition) is 5. The molecule has 0 bridgehead atoms. The molecular formula is C23H22ClN3O4S. The van der Waals surface area contributed by atoms with Gasteiger partial charge in [-0.15, -0.1) is 0 Å². The van der Waals surface area contributed by atoms with E-state index >= 15 is 0 Å². The second-order valence-corrected chi connectivity index (χ2v) is 11.0. The largest absolute Gasteiger partial charge is 0.507 e. The molecule has 2 aliphatic rings. The van der Waals surface area contributed by atoms with Gasteiger partial charge in [-0.2, -0.15) is 5.10 Å². The molecular weight excluding hydrogens is 450 g/mol. The molecule has 5 rings (SSSR count). The number of amides is 1. The van der Waals surface area contributed by atoms with Gasteiger partial charge in [-0.05, 0) is 42.2 Å². The molecule has 0 aliphatic carbocycles. The molecule has 32 heavy (non-hydrogen) atoms. The first kappa shape index (κ1) is 21.0. The van der Waals surface area contributed by atoms with Gasteiger partial charge in [0.25, 0.3) is 5.91 Å². The SMILES string of the molecule is CCc1ccc(C2c3c(-c4cc(Cl)ccc4O)n[nH]c3C(=O)N2C2CCS(=O)(=O)C2)cc1. The van der Waals surface area contributed by atoms with Crippen LogP contribution < -0.4 is 0 Å². The molecule has 1 amide bonds. The van der Waals surface area contributed by atoms with Crippen molar-refractivity contribution in [3.63, 3.8) is 0 Å². The van der Waals surface area contributed by atoms with Crippen LogP contribution in [0.15, 0.2) is 42.5 Å². The van der Waals surface area contributed by atoms with Gasteiger partial charge in [-0.25, -0.2) is 8.42 Å². The fourth-order valence-corrected chi connectivity index (χ4v) is 6.59. The third kappa shape index (κ3) is 3.38. The molecule has 1 saturated heterocycles. The van der Waals surface area contributed by atoms with E-state index in [4.69, 9.17) is 11.6 Å². The van der Waals surface area contributed by atoms with Gasteiger partial charge in [-0.1, -0.05) is 42.8 Å². The van der Waals surface area contributed by atoms with Crippen LogP contribution in [0.4, 0.5) is 0 Å². The number of halogens is 1. The Morgan fingerprint density at radius 2 is 1.97 bits per heavy atom. The molecule has 1 fully saturated rings. The molecule has 2 N–H and O–H groups in total. The number of benzene rings is 2. The maximum Gasteiger partial charge on any atom is 0.273 e. The highest BCUT2D eigenvalue weighted by atomic mass is 35.5. The minimum Gasteiger partial charge on any atom is -0.507 e. The number of carbonyl (C=O) groups is 1. The zero-order valence-electron chi connectivity index (χ0n) is 17.4. The number of aromatic hydroxyl groups is 1. The van der Waals surface area contributed by atoms with Gasteiger partial charge >= 0.3 is 0 Å². The molecule has 2 atom stereocenters. The summed E-state index contributed by atoms with van der Waals surface area (Å²) in [6.45, 7) is 2.07. The Labute approximate surface area is 190 Å². The summed E-state index contributed by atoms with van der Waals surface area (Å²) in [6, 6.07) is 11.7. The lowest BCUT2D eigenvalue weighted by atomic mass is 9.94. The van der Waals surface area contributed by atoms with Gasteiger partial charge < -0.3 is 10.0 Å². The second-order valence-electron chi connectivity index (χ2n) is 8.29. The molecule has 3 aromatic rings. The lowest BCUT2D eigenvalue weighted by Gasteiger charge is -2.31. The summed E-state index contributed by atoms with van der Waals surface area (Å²) < 4.78 is 24.4. The molecule has 9 heteroatoms. The van der Waals surface area contributed by atoms with E-state index in [0.717, 1.165) is 17.5 Å². The summed E-state index contributed by atoms with van der Waals surface area (Å²) in [5, 5.41) is 18.1. The molecule has 1 aromatic heterocycles. The van der Waals surface area contributed by atoms with Crippen molar-refractivity contribution in [2.75, 3.05) is 11.5 Å². The number of nitrogens with one attached hydrogen (secondary N) is 1. The number of aryl methyl sites for hydroxylation is 1. The predicted molar refractivity (Wildman–Crippen MR) is 122 cm³/mol. The number of phenols is 1. The van der Waals surface area contributed by atoms with E-state index in [1.807, 2.05) is 24.3 Å². The number of rotatable bonds is 4. The van der Waals surface area contributed by atoms with Crippen LogP contribution in [0.25, 0.3) is 11.3 Å². The normalized spacial score (nSPS) is 21.8. The van der Waals surface area contributed by atoms with Crippen LogP contribution in [-0.4, -0.2) is 52.1 Å². The van der Waals surface area contributed by atoms with Crippen molar-refractivity contribution in [1.82, 2.24) is 15.1 Å². The van der Waals surface area contributed by atoms with Crippen LogP contribution in [0, 0.1) is 0 Å². The minimum atomic E-state index is -3.19. The monoisotopic (exact) mass is 471 g/mol. The molecule has 0 spiro atoms.